The minimum absolute atomic E-state index is 0.0972. The lowest BCUT2D eigenvalue weighted by molar-refractivity contribution is -0.385. The number of aromatic nitrogens is 2. The Labute approximate surface area is 122 Å². The molecule has 0 saturated carbocycles. The predicted molar refractivity (Wildman–Crippen MR) is 73.1 cm³/mol. The third kappa shape index (κ3) is 3.12. The van der Waals surface area contributed by atoms with Crippen molar-refractivity contribution in [3.63, 3.8) is 0 Å². The van der Waals surface area contributed by atoms with Gasteiger partial charge < -0.3 is 5.32 Å². The molecule has 104 valence electrons. The topological polar surface area (TPSA) is 81.0 Å². The van der Waals surface area contributed by atoms with E-state index in [1.54, 1.807) is 0 Å². The van der Waals surface area contributed by atoms with Crippen LogP contribution in [0.5, 0.6) is 0 Å². The smallest absolute Gasteiger partial charge is 0.332 e. The predicted octanol–water partition coefficient (Wildman–Crippen LogP) is 3.88. The van der Waals surface area contributed by atoms with Crippen LogP contribution >= 0.6 is 23.2 Å². The van der Waals surface area contributed by atoms with Gasteiger partial charge in [0.05, 0.1) is 4.92 Å². The van der Waals surface area contributed by atoms with E-state index in [4.69, 9.17) is 23.2 Å². The van der Waals surface area contributed by atoms with Crippen molar-refractivity contribution in [2.75, 3.05) is 5.32 Å². The first-order valence-corrected chi connectivity index (χ1v) is 6.04. The molecule has 0 spiro atoms. The SMILES string of the molecule is Cc1nc(Cl)nc(Nc2cc(F)cc(Cl)c2)c1[N+](=O)[O-]. The summed E-state index contributed by atoms with van der Waals surface area (Å²) in [6.45, 7) is 1.43. The molecule has 0 radical (unpaired) electrons. The first kappa shape index (κ1) is 14.4. The number of nitrogens with zero attached hydrogens (tertiary/aromatic N) is 3. The summed E-state index contributed by atoms with van der Waals surface area (Å²) in [6, 6.07) is 3.64. The Morgan fingerprint density at radius 2 is 2.00 bits per heavy atom. The highest BCUT2D eigenvalue weighted by atomic mass is 35.5. The van der Waals surface area contributed by atoms with E-state index < -0.39 is 10.7 Å². The molecule has 0 saturated heterocycles. The number of halogens is 3. The molecule has 1 N–H and O–H groups in total. The van der Waals surface area contributed by atoms with E-state index in [1.165, 1.54) is 13.0 Å². The van der Waals surface area contributed by atoms with Crippen molar-refractivity contribution in [2.24, 2.45) is 0 Å². The molecule has 0 unspecified atom stereocenters. The monoisotopic (exact) mass is 316 g/mol. The molecule has 1 heterocycles. The maximum atomic E-state index is 13.2. The molecule has 0 amide bonds. The first-order valence-electron chi connectivity index (χ1n) is 5.28. The maximum absolute atomic E-state index is 13.2. The van der Waals surface area contributed by atoms with Gasteiger partial charge in [0.1, 0.15) is 11.5 Å². The molecule has 0 atom stereocenters. The van der Waals surface area contributed by atoms with Crippen LogP contribution in [0, 0.1) is 22.9 Å². The van der Waals surface area contributed by atoms with Crippen molar-refractivity contribution in [2.45, 2.75) is 6.92 Å². The third-order valence-electron chi connectivity index (χ3n) is 2.34. The largest absolute Gasteiger partial charge is 0.334 e. The standard InChI is InChI=1S/C11H7Cl2FN4O2/c1-5-9(18(19)20)10(17-11(13)15-5)16-8-3-6(12)2-7(14)4-8/h2-4H,1H3,(H,15,16,17). The second-order valence-electron chi connectivity index (χ2n) is 3.82. The summed E-state index contributed by atoms with van der Waals surface area (Å²) in [7, 11) is 0. The highest BCUT2D eigenvalue weighted by Crippen LogP contribution is 2.30. The zero-order chi connectivity index (χ0) is 14.9. The number of benzene rings is 1. The molecule has 9 heteroatoms. The number of anilines is 2. The molecule has 0 aliphatic heterocycles. The summed E-state index contributed by atoms with van der Waals surface area (Å²) in [4.78, 5) is 17.8. The van der Waals surface area contributed by atoms with Gasteiger partial charge in [-0.05, 0) is 36.7 Å². The number of hydrogen-bond donors (Lipinski definition) is 1. The quantitative estimate of drug-likeness (QED) is 0.528. The van der Waals surface area contributed by atoms with Gasteiger partial charge in [0.2, 0.25) is 11.1 Å². The molecule has 2 rings (SSSR count). The lowest BCUT2D eigenvalue weighted by atomic mass is 10.3. The lowest BCUT2D eigenvalue weighted by Gasteiger charge is -2.08. The number of hydrogen-bond acceptors (Lipinski definition) is 5. The van der Waals surface area contributed by atoms with Crippen LogP contribution in [0.25, 0.3) is 0 Å². The Morgan fingerprint density at radius 1 is 1.30 bits per heavy atom. The van der Waals surface area contributed by atoms with Gasteiger partial charge in [0, 0.05) is 10.7 Å². The van der Waals surface area contributed by atoms with Gasteiger partial charge in [0.25, 0.3) is 0 Å². The van der Waals surface area contributed by atoms with Gasteiger partial charge in [-0.3, -0.25) is 10.1 Å². The summed E-state index contributed by atoms with van der Waals surface area (Å²) in [5.41, 5.74) is -0.0259. The summed E-state index contributed by atoms with van der Waals surface area (Å²) in [6.07, 6.45) is 0. The van der Waals surface area contributed by atoms with Gasteiger partial charge in [-0.2, -0.15) is 4.98 Å². The van der Waals surface area contributed by atoms with Crippen LogP contribution in [-0.2, 0) is 0 Å². The van der Waals surface area contributed by atoms with Crippen molar-refractivity contribution >= 4 is 40.4 Å². The van der Waals surface area contributed by atoms with Crippen molar-refractivity contribution in [1.82, 2.24) is 9.97 Å². The van der Waals surface area contributed by atoms with Crippen molar-refractivity contribution in [1.29, 1.82) is 0 Å². The second-order valence-corrected chi connectivity index (χ2v) is 4.59. The average molecular weight is 317 g/mol. The number of rotatable bonds is 3. The fourth-order valence-electron chi connectivity index (χ4n) is 1.60. The summed E-state index contributed by atoms with van der Waals surface area (Å²) in [5, 5.41) is 13.6. The van der Waals surface area contributed by atoms with Gasteiger partial charge in [-0.25, -0.2) is 9.37 Å². The first-order chi connectivity index (χ1) is 9.36. The van der Waals surface area contributed by atoms with Crippen molar-refractivity contribution in [3.8, 4) is 0 Å². The van der Waals surface area contributed by atoms with E-state index in [0.717, 1.165) is 12.1 Å². The molecular formula is C11H7Cl2FN4O2. The van der Waals surface area contributed by atoms with Crippen LogP contribution in [0.1, 0.15) is 5.69 Å². The maximum Gasteiger partial charge on any atom is 0.332 e. The molecule has 0 bridgehead atoms. The van der Waals surface area contributed by atoms with Crippen LogP contribution in [0.3, 0.4) is 0 Å². The van der Waals surface area contributed by atoms with Gasteiger partial charge in [0.15, 0.2) is 0 Å². The van der Waals surface area contributed by atoms with E-state index in [1.807, 2.05) is 0 Å². The van der Waals surface area contributed by atoms with Crippen LogP contribution in [0.4, 0.5) is 21.6 Å². The molecule has 20 heavy (non-hydrogen) atoms. The Kier molecular flexibility index (Phi) is 4.01. The van der Waals surface area contributed by atoms with E-state index in [9.17, 15) is 14.5 Å². The minimum Gasteiger partial charge on any atom is -0.334 e. The fraction of sp³-hybridized carbons (Fsp3) is 0.0909. The fourth-order valence-corrected chi connectivity index (χ4v) is 2.03. The summed E-state index contributed by atoms with van der Waals surface area (Å²) in [5.74, 6) is -0.714. The van der Waals surface area contributed by atoms with Crippen molar-refractivity contribution < 1.29 is 9.31 Å². The molecule has 1 aromatic carbocycles. The Hall–Kier alpha value is -1.99. The number of nitrogens with one attached hydrogen (secondary N) is 1. The van der Waals surface area contributed by atoms with Crippen LogP contribution < -0.4 is 5.32 Å². The molecule has 0 aliphatic carbocycles. The van der Waals surface area contributed by atoms with E-state index in [-0.39, 0.29) is 33.2 Å². The molecule has 2 aromatic rings. The minimum atomic E-state index is -0.644. The van der Waals surface area contributed by atoms with Crippen LogP contribution in [0.2, 0.25) is 10.3 Å². The van der Waals surface area contributed by atoms with E-state index >= 15 is 0 Å². The van der Waals surface area contributed by atoms with Crippen LogP contribution in [0.15, 0.2) is 18.2 Å². The van der Waals surface area contributed by atoms with E-state index in [0.29, 0.717) is 0 Å². The Morgan fingerprint density at radius 3 is 2.60 bits per heavy atom. The van der Waals surface area contributed by atoms with Gasteiger partial charge in [-0.1, -0.05) is 11.6 Å². The summed E-state index contributed by atoms with van der Waals surface area (Å²) < 4.78 is 13.2. The molecule has 0 fully saturated rings. The van der Waals surface area contributed by atoms with Gasteiger partial charge >= 0.3 is 5.69 Å². The lowest BCUT2D eigenvalue weighted by Crippen LogP contribution is -2.04. The average Bonchev–Trinajstić information content (AvgIpc) is 2.25. The highest BCUT2D eigenvalue weighted by Gasteiger charge is 2.22. The Bertz CT molecular complexity index is 676. The normalized spacial score (nSPS) is 10.4. The molecule has 0 aliphatic rings. The zero-order valence-corrected chi connectivity index (χ0v) is 11.5. The molecular weight excluding hydrogens is 310 g/mol. The zero-order valence-electron chi connectivity index (χ0n) is 10.0. The summed E-state index contributed by atoms with van der Waals surface area (Å²) >= 11 is 11.4. The highest BCUT2D eigenvalue weighted by molar-refractivity contribution is 6.30. The Balaban J connectivity index is 2.49. The second kappa shape index (κ2) is 5.56. The third-order valence-corrected chi connectivity index (χ3v) is 2.73. The van der Waals surface area contributed by atoms with Crippen molar-refractivity contribution in [3.05, 3.63) is 50.1 Å². The van der Waals surface area contributed by atoms with E-state index in [2.05, 4.69) is 15.3 Å². The van der Waals surface area contributed by atoms with Crippen LogP contribution in [-0.4, -0.2) is 14.9 Å². The number of aryl methyl sites for hydroxylation is 1. The molecule has 1 aromatic heterocycles. The van der Waals surface area contributed by atoms with Gasteiger partial charge in [-0.15, -0.1) is 0 Å². The number of nitro groups is 1. The molecule has 6 nitrogen and oxygen atoms in total.